The van der Waals surface area contributed by atoms with E-state index in [0.29, 0.717) is 53.7 Å². The SMILES string of the molecule is C=C(CS)NCC(=O)NCC(=O)NCC(=O)NCCCCNC(=O)Cc1c(C)n(C(=O)c2ccc(Cl)cc2)c2ccc(C)cc12. The van der Waals surface area contributed by atoms with Gasteiger partial charge in [0.05, 0.1) is 31.6 Å². The Hall–Kier alpha value is -4.29. The van der Waals surface area contributed by atoms with Crippen molar-refractivity contribution < 1.29 is 24.0 Å². The molecule has 0 fully saturated rings. The number of carbonyl (C=O) groups excluding carboxylic acids is 5. The molecule has 240 valence electrons. The zero-order valence-corrected chi connectivity index (χ0v) is 27.1. The van der Waals surface area contributed by atoms with E-state index < -0.39 is 5.91 Å². The molecular weight excluding hydrogens is 616 g/mol. The van der Waals surface area contributed by atoms with Crippen molar-refractivity contribution in [1.29, 1.82) is 0 Å². The van der Waals surface area contributed by atoms with Crippen LogP contribution in [0.5, 0.6) is 0 Å². The van der Waals surface area contributed by atoms with Crippen LogP contribution in [0.1, 0.15) is 40.0 Å². The van der Waals surface area contributed by atoms with E-state index in [2.05, 4.69) is 45.8 Å². The number of carbonyl (C=O) groups is 5. The van der Waals surface area contributed by atoms with Gasteiger partial charge in [0, 0.05) is 46.2 Å². The lowest BCUT2D eigenvalue weighted by Gasteiger charge is -2.10. The zero-order valence-electron chi connectivity index (χ0n) is 25.4. The van der Waals surface area contributed by atoms with Crippen LogP contribution in [0.25, 0.3) is 10.9 Å². The molecule has 0 radical (unpaired) electrons. The molecule has 13 heteroatoms. The van der Waals surface area contributed by atoms with Gasteiger partial charge in [0.1, 0.15) is 0 Å². The number of halogens is 1. The number of aromatic nitrogens is 1. The van der Waals surface area contributed by atoms with Crippen molar-refractivity contribution in [3.8, 4) is 0 Å². The standard InChI is InChI=1S/C32H39ClN6O5S/c1-20-6-11-27-26(14-20)25(22(3)39(27)32(44)23-7-9-24(33)10-8-23)15-28(40)34-12-4-5-13-35-29(41)17-37-31(43)18-38-30(42)16-36-21(2)19-45/h6-11,14,36,45H,2,4-5,12-13,15-19H2,1,3H3,(H,34,40)(H,35,41)(H,37,43)(H,38,42). The Morgan fingerprint density at radius 3 is 1.93 bits per heavy atom. The van der Waals surface area contributed by atoms with Gasteiger partial charge >= 0.3 is 0 Å². The molecule has 45 heavy (non-hydrogen) atoms. The van der Waals surface area contributed by atoms with Gasteiger partial charge in [-0.05, 0) is 68.7 Å². The topological polar surface area (TPSA) is 150 Å². The van der Waals surface area contributed by atoms with Crippen molar-refractivity contribution in [2.24, 2.45) is 0 Å². The van der Waals surface area contributed by atoms with Gasteiger partial charge in [-0.3, -0.25) is 28.5 Å². The summed E-state index contributed by atoms with van der Waals surface area (Å²) in [4.78, 5) is 61.9. The van der Waals surface area contributed by atoms with E-state index in [1.165, 1.54) is 0 Å². The fourth-order valence-electron chi connectivity index (χ4n) is 4.54. The Morgan fingerprint density at radius 1 is 0.778 bits per heavy atom. The minimum atomic E-state index is -0.489. The number of aryl methyl sites for hydroxylation is 1. The van der Waals surface area contributed by atoms with Gasteiger partial charge in [-0.15, -0.1) is 0 Å². The van der Waals surface area contributed by atoms with Crippen LogP contribution in [-0.2, 0) is 25.6 Å². The van der Waals surface area contributed by atoms with Gasteiger partial charge in [0.15, 0.2) is 0 Å². The van der Waals surface area contributed by atoms with Gasteiger partial charge in [0.25, 0.3) is 5.91 Å². The molecule has 0 aliphatic heterocycles. The number of nitrogens with zero attached hydrogens (tertiary/aromatic N) is 1. The molecule has 0 unspecified atom stereocenters. The number of fused-ring (bicyclic) bond motifs is 1. The van der Waals surface area contributed by atoms with Gasteiger partial charge in [-0.25, -0.2) is 0 Å². The molecule has 1 heterocycles. The first-order valence-corrected chi connectivity index (χ1v) is 15.5. The van der Waals surface area contributed by atoms with Crippen LogP contribution in [0.2, 0.25) is 5.02 Å². The Kier molecular flexibility index (Phi) is 13.5. The molecule has 11 nitrogen and oxygen atoms in total. The third kappa shape index (κ3) is 10.7. The molecule has 3 rings (SSSR count). The van der Waals surface area contributed by atoms with Crippen LogP contribution in [0.15, 0.2) is 54.7 Å². The zero-order chi connectivity index (χ0) is 32.9. The Morgan fingerprint density at radius 2 is 1.33 bits per heavy atom. The van der Waals surface area contributed by atoms with Crippen LogP contribution in [0.3, 0.4) is 0 Å². The molecule has 0 saturated heterocycles. The van der Waals surface area contributed by atoms with E-state index in [-0.39, 0.29) is 49.7 Å². The fourth-order valence-corrected chi connectivity index (χ4v) is 4.78. The smallest absolute Gasteiger partial charge is 0.262 e. The van der Waals surface area contributed by atoms with Crippen LogP contribution >= 0.6 is 24.2 Å². The predicted molar refractivity (Wildman–Crippen MR) is 179 cm³/mol. The Bertz CT molecular complexity index is 1570. The molecule has 0 saturated carbocycles. The molecule has 3 aromatic rings. The van der Waals surface area contributed by atoms with E-state index >= 15 is 0 Å². The molecule has 2 aromatic carbocycles. The Balaban J connectivity index is 1.40. The van der Waals surface area contributed by atoms with Crippen molar-refractivity contribution in [2.45, 2.75) is 33.1 Å². The summed E-state index contributed by atoms with van der Waals surface area (Å²) < 4.78 is 1.64. The number of rotatable bonds is 16. The van der Waals surface area contributed by atoms with E-state index in [4.69, 9.17) is 11.6 Å². The lowest BCUT2D eigenvalue weighted by Crippen LogP contribution is -2.43. The number of thiol groups is 1. The van der Waals surface area contributed by atoms with E-state index in [1.54, 1.807) is 28.8 Å². The van der Waals surface area contributed by atoms with E-state index in [1.807, 2.05) is 32.0 Å². The largest absolute Gasteiger partial charge is 0.379 e. The predicted octanol–water partition coefficient (Wildman–Crippen LogP) is 2.42. The van der Waals surface area contributed by atoms with Crippen LogP contribution < -0.4 is 26.6 Å². The summed E-state index contributed by atoms with van der Waals surface area (Å²) in [6.07, 6.45) is 1.37. The number of hydrogen-bond donors (Lipinski definition) is 6. The molecule has 0 bridgehead atoms. The normalized spacial score (nSPS) is 10.7. The summed E-state index contributed by atoms with van der Waals surface area (Å²) in [5.74, 6) is -1.21. The van der Waals surface area contributed by atoms with Crippen LogP contribution in [0.4, 0.5) is 0 Å². The molecule has 0 spiro atoms. The van der Waals surface area contributed by atoms with Crippen LogP contribution in [-0.4, -0.2) is 72.6 Å². The number of hydrogen-bond acceptors (Lipinski definition) is 7. The summed E-state index contributed by atoms with van der Waals surface area (Å²) in [6.45, 7) is 7.77. The molecule has 0 atom stereocenters. The van der Waals surface area contributed by atoms with Crippen molar-refractivity contribution in [2.75, 3.05) is 38.5 Å². The van der Waals surface area contributed by atoms with Crippen molar-refractivity contribution in [3.05, 3.63) is 82.1 Å². The maximum Gasteiger partial charge on any atom is 0.262 e. The lowest BCUT2D eigenvalue weighted by atomic mass is 10.1. The number of unbranched alkanes of at least 4 members (excludes halogenated alkanes) is 1. The van der Waals surface area contributed by atoms with Crippen molar-refractivity contribution in [1.82, 2.24) is 31.2 Å². The monoisotopic (exact) mass is 654 g/mol. The van der Waals surface area contributed by atoms with Crippen molar-refractivity contribution in [3.63, 3.8) is 0 Å². The molecule has 1 aromatic heterocycles. The summed E-state index contributed by atoms with van der Waals surface area (Å²) >= 11 is 10.0. The minimum absolute atomic E-state index is 0.0243. The molecule has 0 aliphatic rings. The summed E-state index contributed by atoms with van der Waals surface area (Å²) in [6, 6.07) is 12.5. The first-order valence-electron chi connectivity index (χ1n) is 14.5. The number of nitrogens with one attached hydrogen (secondary N) is 5. The third-order valence-corrected chi connectivity index (χ3v) is 7.59. The highest BCUT2D eigenvalue weighted by atomic mass is 35.5. The second-order valence-electron chi connectivity index (χ2n) is 10.5. The highest BCUT2D eigenvalue weighted by molar-refractivity contribution is 7.80. The highest BCUT2D eigenvalue weighted by Gasteiger charge is 2.21. The quantitative estimate of drug-likeness (QED) is 0.103. The first kappa shape index (κ1) is 35.2. The summed E-state index contributed by atoms with van der Waals surface area (Å²) in [5, 5.41) is 14.7. The molecule has 5 N–H and O–H groups in total. The third-order valence-electron chi connectivity index (χ3n) is 6.95. The minimum Gasteiger partial charge on any atom is -0.379 e. The van der Waals surface area contributed by atoms with Gasteiger partial charge < -0.3 is 26.6 Å². The van der Waals surface area contributed by atoms with Crippen molar-refractivity contribution >= 4 is 64.7 Å². The first-order chi connectivity index (χ1) is 21.5. The second kappa shape index (κ2) is 17.3. The number of amides is 4. The highest BCUT2D eigenvalue weighted by Crippen LogP contribution is 2.28. The van der Waals surface area contributed by atoms with Gasteiger partial charge in [-0.2, -0.15) is 12.6 Å². The fraction of sp³-hybridized carbons (Fsp3) is 0.344. The number of benzene rings is 2. The van der Waals surface area contributed by atoms with E-state index in [0.717, 1.165) is 22.0 Å². The maximum absolute atomic E-state index is 13.4. The summed E-state index contributed by atoms with van der Waals surface area (Å²) in [5.41, 5.74) is 4.34. The average molecular weight is 655 g/mol. The second-order valence-corrected chi connectivity index (χ2v) is 11.2. The molecular formula is C32H39ClN6O5S. The van der Waals surface area contributed by atoms with E-state index in [9.17, 15) is 24.0 Å². The average Bonchev–Trinajstić information content (AvgIpc) is 3.28. The molecule has 4 amide bonds. The van der Waals surface area contributed by atoms with Gasteiger partial charge in [-0.1, -0.05) is 29.8 Å². The Labute approximate surface area is 272 Å². The summed E-state index contributed by atoms with van der Waals surface area (Å²) in [7, 11) is 0. The molecule has 0 aliphatic carbocycles. The maximum atomic E-state index is 13.4. The lowest BCUT2D eigenvalue weighted by molar-refractivity contribution is -0.127. The van der Waals surface area contributed by atoms with Gasteiger partial charge in [0.2, 0.25) is 23.6 Å². The van der Waals surface area contributed by atoms with Crippen LogP contribution in [0, 0.1) is 13.8 Å².